The fraction of sp³-hybridized carbons (Fsp3) is 0.286. The van der Waals surface area contributed by atoms with Crippen molar-refractivity contribution in [2.45, 2.75) is 58.7 Å². The number of carbonyl (C=O) groups excluding carboxylic acids is 5. The Bertz CT molecular complexity index is 2140. The molecule has 0 bridgehead atoms. The van der Waals surface area contributed by atoms with Gasteiger partial charge in [0.2, 0.25) is 0 Å². The van der Waals surface area contributed by atoms with Crippen LogP contribution in [0.4, 0.5) is 4.79 Å². The van der Waals surface area contributed by atoms with Gasteiger partial charge in [0.1, 0.15) is 11.3 Å². The summed E-state index contributed by atoms with van der Waals surface area (Å²) >= 11 is 0. The Balaban J connectivity index is 0.000000252. The molecule has 58 heavy (non-hydrogen) atoms. The topological polar surface area (TPSA) is 188 Å². The molecule has 1 amide bonds. The largest absolute Gasteiger partial charge is 0.464 e. The Morgan fingerprint density at radius 1 is 0.707 bits per heavy atom. The predicted molar refractivity (Wildman–Crippen MR) is 212 cm³/mol. The number of rotatable bonds is 9. The van der Waals surface area contributed by atoms with Gasteiger partial charge >= 0.3 is 25.8 Å². The molecule has 2 aliphatic rings. The lowest BCUT2D eigenvalue weighted by atomic mass is 10.1. The summed E-state index contributed by atoms with van der Waals surface area (Å²) in [6.45, 7) is 9.15. The zero-order valence-corrected chi connectivity index (χ0v) is 34.3. The van der Waals surface area contributed by atoms with E-state index in [0.717, 1.165) is 19.1 Å². The summed E-state index contributed by atoms with van der Waals surface area (Å²) < 4.78 is 54.4. The minimum atomic E-state index is -2.79. The highest BCUT2D eigenvalue weighted by Crippen LogP contribution is 2.54. The van der Waals surface area contributed by atoms with Gasteiger partial charge in [-0.2, -0.15) is 9.59 Å². The van der Waals surface area contributed by atoms with Crippen LogP contribution in [0.15, 0.2) is 90.6 Å². The quantitative estimate of drug-likeness (QED) is 0.0628. The molecule has 0 unspecified atom stereocenters. The van der Waals surface area contributed by atoms with Gasteiger partial charge in [-0.15, -0.1) is 0 Å². The monoisotopic (exact) mass is 819 g/mol. The molecule has 6 rings (SSSR count). The average molecular weight is 820 g/mol. The third-order valence-electron chi connectivity index (χ3n) is 7.95. The van der Waals surface area contributed by atoms with Gasteiger partial charge in [0, 0.05) is 19.8 Å². The zero-order chi connectivity index (χ0) is 42.9. The van der Waals surface area contributed by atoms with E-state index in [0.29, 0.717) is 57.1 Å². The van der Waals surface area contributed by atoms with Crippen molar-refractivity contribution in [2.24, 2.45) is 0 Å². The molecule has 0 saturated carbocycles. The lowest BCUT2D eigenvalue weighted by Gasteiger charge is -2.22. The number of esters is 1. The average Bonchev–Trinajstić information content (AvgIpc) is 3.22. The van der Waals surface area contributed by atoms with Crippen molar-refractivity contribution in [1.82, 2.24) is 5.32 Å². The Morgan fingerprint density at radius 2 is 1.12 bits per heavy atom. The number of nitrogens with one attached hydrogen (secondary N) is 1. The Kier molecular flexibility index (Phi) is 17.4. The van der Waals surface area contributed by atoms with Crippen molar-refractivity contribution < 1.29 is 66.0 Å². The molecule has 15 nitrogen and oxygen atoms in total. The molecule has 0 aromatic heterocycles. The molecule has 2 heterocycles. The van der Waals surface area contributed by atoms with Crippen LogP contribution in [0.1, 0.15) is 63.4 Å². The number of hydrogen-bond donors (Lipinski definition) is 1. The van der Waals surface area contributed by atoms with E-state index < -0.39 is 25.3 Å². The normalized spacial score (nSPS) is 11.8. The van der Waals surface area contributed by atoms with Crippen LogP contribution in [0.25, 0.3) is 6.08 Å². The number of aldehydes is 1. The van der Waals surface area contributed by atoms with E-state index in [9.17, 15) is 18.9 Å². The Morgan fingerprint density at radius 3 is 1.50 bits per heavy atom. The number of ether oxygens (including phenoxy) is 6. The molecule has 0 spiro atoms. The third-order valence-corrected chi connectivity index (χ3v) is 10.6. The number of amides is 1. The lowest BCUT2D eigenvalue weighted by Crippen LogP contribution is -2.34. The van der Waals surface area contributed by atoms with Crippen LogP contribution >= 0.6 is 7.60 Å². The van der Waals surface area contributed by atoms with Crippen LogP contribution < -0.4 is 24.3 Å². The third kappa shape index (κ3) is 12.6. The first-order chi connectivity index (χ1) is 27.7. The maximum atomic E-state index is 12.2. The maximum Gasteiger partial charge on any atom is 0.412 e. The second-order valence-electron chi connectivity index (χ2n) is 12.9. The van der Waals surface area contributed by atoms with Crippen molar-refractivity contribution >= 4 is 38.2 Å². The Hall–Kier alpha value is -6.24. The van der Waals surface area contributed by atoms with Crippen LogP contribution in [0.3, 0.4) is 0 Å². The summed E-state index contributed by atoms with van der Waals surface area (Å²) in [4.78, 5) is 51.4. The van der Waals surface area contributed by atoms with E-state index in [4.69, 9.17) is 47.1 Å². The second kappa shape index (κ2) is 21.9. The lowest BCUT2D eigenvalue weighted by molar-refractivity contribution is -0.191. The van der Waals surface area contributed by atoms with Crippen molar-refractivity contribution in [3.8, 4) is 46.0 Å². The number of alkyl carbamates (subject to hydrolysis) is 1. The van der Waals surface area contributed by atoms with E-state index in [-0.39, 0.29) is 17.5 Å². The zero-order valence-electron chi connectivity index (χ0n) is 33.4. The van der Waals surface area contributed by atoms with E-state index in [1.165, 1.54) is 27.4 Å². The molecule has 1 N–H and O–H groups in total. The van der Waals surface area contributed by atoms with Gasteiger partial charge in [-0.1, -0.05) is 56.3 Å². The molecule has 16 heteroatoms. The summed E-state index contributed by atoms with van der Waals surface area (Å²) in [6, 6.07) is 25.1. The first-order valence-corrected chi connectivity index (χ1v) is 19.4. The molecular formula is C42H46NO14P. The number of para-hydroxylation sites is 6. The number of benzene rings is 4. The van der Waals surface area contributed by atoms with Crippen molar-refractivity contribution in [3.05, 3.63) is 102 Å². The number of carbonyl (C=O) groups is 3. The van der Waals surface area contributed by atoms with Gasteiger partial charge in [0.05, 0.1) is 18.3 Å². The molecule has 0 aliphatic carbocycles. The highest BCUT2D eigenvalue weighted by molar-refractivity contribution is 7.54. The summed E-state index contributed by atoms with van der Waals surface area (Å²) in [5.41, 5.74) is 0.262. The van der Waals surface area contributed by atoms with Gasteiger partial charge in [-0.25, -0.2) is 9.59 Å². The molecule has 308 valence electrons. The maximum absolute atomic E-state index is 12.2. The minimum absolute atomic E-state index is 0.0394. The van der Waals surface area contributed by atoms with Gasteiger partial charge in [0.15, 0.2) is 52.3 Å². The van der Waals surface area contributed by atoms with Crippen molar-refractivity contribution in [2.75, 3.05) is 21.3 Å². The van der Waals surface area contributed by atoms with Crippen LogP contribution in [-0.2, 0) is 37.5 Å². The molecule has 4 aromatic carbocycles. The first-order valence-electron chi connectivity index (χ1n) is 17.8. The summed E-state index contributed by atoms with van der Waals surface area (Å²) in [6.07, 6.45) is 3.35. The van der Waals surface area contributed by atoms with Gasteiger partial charge < -0.3 is 37.5 Å². The van der Waals surface area contributed by atoms with Gasteiger partial charge in [-0.3, -0.25) is 14.7 Å². The summed E-state index contributed by atoms with van der Waals surface area (Å²) in [5.74, 6) is 3.69. The standard InChI is InChI=1S/C21H21NO6.C13H8O3.C7H17O3P.CO2/c1-21(2,3)28-20(24)22-14(19(23)25-4)12-13-8-7-11-17-18(13)27-16-10-6-5-9-15(16)26-17;14-8-9-4-3-7-12-13(9)16-11-6-2-1-5-10(11)15-12;1-5-7(6-2)11(8,9-3)10-4;2-1-3/h5-12H,1-4H3,(H,22,24);1-8H;7H,5-6H2,1-4H3;/b14-12-;;;. The van der Waals surface area contributed by atoms with E-state index >= 15 is 0 Å². The molecule has 0 saturated heterocycles. The van der Waals surface area contributed by atoms with Crippen LogP contribution in [0.5, 0.6) is 46.0 Å². The number of hydrogen-bond acceptors (Lipinski definition) is 14. The molecule has 0 radical (unpaired) electrons. The van der Waals surface area contributed by atoms with Crippen LogP contribution in [0.2, 0.25) is 0 Å². The summed E-state index contributed by atoms with van der Waals surface area (Å²) in [7, 11) is 1.30. The minimum Gasteiger partial charge on any atom is -0.464 e. The molecule has 0 atom stereocenters. The van der Waals surface area contributed by atoms with Crippen molar-refractivity contribution in [1.29, 1.82) is 0 Å². The molecular weight excluding hydrogens is 773 g/mol. The number of fused-ring (bicyclic) bond motifs is 4. The Labute approximate surface area is 336 Å². The van der Waals surface area contributed by atoms with E-state index in [1.54, 1.807) is 75.4 Å². The van der Waals surface area contributed by atoms with Crippen LogP contribution in [0, 0.1) is 0 Å². The SMILES string of the molecule is CCC(CC)P(=O)(OC)OC.COC(=O)/C(=C/c1cccc2c1Oc1ccccc1O2)NC(=O)OC(C)(C)C.O=C=O.O=Cc1cccc2c1Oc1ccccc1O2. The van der Waals surface area contributed by atoms with Gasteiger partial charge in [0.25, 0.3) is 0 Å². The fourth-order valence-corrected chi connectivity index (χ4v) is 6.92. The predicted octanol–water partition coefficient (Wildman–Crippen LogP) is 10.1. The van der Waals surface area contributed by atoms with E-state index in [1.807, 2.05) is 44.2 Å². The second-order valence-corrected chi connectivity index (χ2v) is 15.4. The van der Waals surface area contributed by atoms with E-state index in [2.05, 4.69) is 5.32 Å². The smallest absolute Gasteiger partial charge is 0.412 e. The van der Waals surface area contributed by atoms with Crippen molar-refractivity contribution in [3.63, 3.8) is 0 Å². The molecule has 2 aliphatic heterocycles. The highest BCUT2D eigenvalue weighted by atomic mass is 31.2. The molecule has 0 fully saturated rings. The number of methoxy groups -OCH3 is 1. The highest BCUT2D eigenvalue weighted by Gasteiger charge is 2.30. The van der Waals surface area contributed by atoms with Crippen LogP contribution in [-0.4, -0.2) is 57.1 Å². The fourth-order valence-electron chi connectivity index (χ4n) is 5.28. The first kappa shape index (κ1) is 46.1. The summed E-state index contributed by atoms with van der Waals surface area (Å²) in [5, 5.41) is 2.43. The molecule has 4 aromatic rings. The van der Waals surface area contributed by atoms with Gasteiger partial charge in [-0.05, 0) is 82.2 Å².